The molecule has 0 fully saturated rings. The van der Waals surface area contributed by atoms with Gasteiger partial charge in [0, 0.05) is 10.7 Å². The number of pyridine rings is 1. The first-order valence-corrected chi connectivity index (χ1v) is 5.67. The Labute approximate surface area is 107 Å². The van der Waals surface area contributed by atoms with Gasteiger partial charge < -0.3 is 11.1 Å². The van der Waals surface area contributed by atoms with Gasteiger partial charge in [-0.05, 0) is 46.3 Å². The fourth-order valence-electron chi connectivity index (χ4n) is 1.34. The number of hydrogen-bond donors (Lipinski definition) is 2. The predicted octanol–water partition coefficient (Wildman–Crippen LogP) is 3.04. The zero-order valence-electron chi connectivity index (χ0n) is 8.81. The zero-order chi connectivity index (χ0) is 12.3. The highest BCUT2D eigenvalue weighted by Crippen LogP contribution is 2.27. The molecule has 4 nitrogen and oxygen atoms in total. The molecule has 0 amide bonds. The summed E-state index contributed by atoms with van der Waals surface area (Å²) in [6.45, 7) is 0. The van der Waals surface area contributed by atoms with Crippen molar-refractivity contribution in [3.63, 3.8) is 0 Å². The van der Waals surface area contributed by atoms with Gasteiger partial charge in [0.05, 0.1) is 23.0 Å². The number of nitrogen functional groups attached to an aromatic ring is 1. The van der Waals surface area contributed by atoms with E-state index in [1.807, 2.05) is 0 Å². The summed E-state index contributed by atoms with van der Waals surface area (Å²) in [6, 6.07) is 10.9. The van der Waals surface area contributed by atoms with Crippen molar-refractivity contribution >= 4 is 33.1 Å². The van der Waals surface area contributed by atoms with Crippen molar-refractivity contribution in [3.05, 3.63) is 46.6 Å². The lowest BCUT2D eigenvalue weighted by molar-refractivity contribution is 1.31. The van der Waals surface area contributed by atoms with Crippen LogP contribution in [0.15, 0.2) is 41.0 Å². The molecule has 0 saturated heterocycles. The van der Waals surface area contributed by atoms with Gasteiger partial charge in [0.25, 0.3) is 0 Å². The van der Waals surface area contributed by atoms with Gasteiger partial charge in [-0.1, -0.05) is 0 Å². The third-order valence-corrected chi connectivity index (χ3v) is 2.85. The van der Waals surface area contributed by atoms with E-state index in [0.717, 1.165) is 10.2 Å². The van der Waals surface area contributed by atoms with E-state index in [2.05, 4.69) is 32.3 Å². The number of hydrogen-bond acceptors (Lipinski definition) is 4. The fourth-order valence-corrected chi connectivity index (χ4v) is 1.81. The Morgan fingerprint density at radius 3 is 2.82 bits per heavy atom. The molecule has 1 aromatic carbocycles. The highest BCUT2D eigenvalue weighted by atomic mass is 79.9. The average molecular weight is 289 g/mol. The van der Waals surface area contributed by atoms with Crippen molar-refractivity contribution < 1.29 is 0 Å². The molecule has 0 unspecified atom stereocenters. The lowest BCUT2D eigenvalue weighted by atomic mass is 10.2. The first kappa shape index (κ1) is 11.4. The molecule has 0 radical (unpaired) electrons. The third kappa shape index (κ3) is 2.55. The second-order valence-corrected chi connectivity index (χ2v) is 4.23. The van der Waals surface area contributed by atoms with Crippen LogP contribution < -0.4 is 11.1 Å². The molecule has 0 bridgehead atoms. The number of anilines is 3. The largest absolute Gasteiger partial charge is 0.396 e. The SMILES string of the molecule is N#Cc1ccc(Nc2ncccc2N)c(Br)c1. The van der Waals surface area contributed by atoms with Gasteiger partial charge in [0.1, 0.15) is 0 Å². The molecule has 2 rings (SSSR count). The minimum Gasteiger partial charge on any atom is -0.396 e. The summed E-state index contributed by atoms with van der Waals surface area (Å²) in [5.74, 6) is 0.595. The van der Waals surface area contributed by atoms with E-state index in [-0.39, 0.29) is 0 Å². The molecule has 2 aromatic rings. The van der Waals surface area contributed by atoms with E-state index >= 15 is 0 Å². The lowest BCUT2D eigenvalue weighted by Gasteiger charge is -2.09. The maximum absolute atomic E-state index is 8.76. The Bertz CT molecular complexity index is 589. The summed E-state index contributed by atoms with van der Waals surface area (Å²) >= 11 is 3.39. The molecule has 0 aliphatic heterocycles. The molecular formula is C12H9BrN4. The summed E-state index contributed by atoms with van der Waals surface area (Å²) in [5, 5.41) is 11.9. The van der Waals surface area contributed by atoms with Crippen LogP contribution in [0.1, 0.15) is 5.56 Å². The van der Waals surface area contributed by atoms with Crippen LogP contribution in [0.3, 0.4) is 0 Å². The monoisotopic (exact) mass is 288 g/mol. The van der Waals surface area contributed by atoms with Crippen LogP contribution in [0.2, 0.25) is 0 Å². The number of nitrogens with zero attached hydrogens (tertiary/aromatic N) is 2. The third-order valence-electron chi connectivity index (χ3n) is 2.19. The number of halogens is 1. The van der Waals surface area contributed by atoms with E-state index < -0.39 is 0 Å². The standard InChI is InChI=1S/C12H9BrN4/c13-9-6-8(7-14)3-4-11(9)17-12-10(15)2-1-5-16-12/h1-6H,15H2,(H,16,17). The zero-order valence-corrected chi connectivity index (χ0v) is 10.4. The molecule has 84 valence electrons. The Morgan fingerprint density at radius 2 is 2.18 bits per heavy atom. The highest BCUT2D eigenvalue weighted by molar-refractivity contribution is 9.10. The minimum absolute atomic E-state index is 0.573. The number of aromatic nitrogens is 1. The second-order valence-electron chi connectivity index (χ2n) is 3.37. The van der Waals surface area contributed by atoms with Crippen LogP contribution >= 0.6 is 15.9 Å². The first-order valence-electron chi connectivity index (χ1n) is 4.88. The maximum Gasteiger partial charge on any atom is 0.153 e. The topological polar surface area (TPSA) is 74.7 Å². The van der Waals surface area contributed by atoms with Crippen LogP contribution in [-0.2, 0) is 0 Å². The van der Waals surface area contributed by atoms with Gasteiger partial charge in [0.15, 0.2) is 5.82 Å². The number of nitrogens with two attached hydrogens (primary N) is 1. The van der Waals surface area contributed by atoms with E-state index in [9.17, 15) is 0 Å². The van der Waals surface area contributed by atoms with Crippen LogP contribution in [0, 0.1) is 11.3 Å². The quantitative estimate of drug-likeness (QED) is 0.891. The molecule has 0 aliphatic carbocycles. The van der Waals surface area contributed by atoms with E-state index in [0.29, 0.717) is 17.1 Å². The molecule has 1 heterocycles. The first-order chi connectivity index (χ1) is 8.20. The summed E-state index contributed by atoms with van der Waals surface area (Å²) in [5.41, 5.74) is 7.76. The van der Waals surface area contributed by atoms with Crippen LogP contribution in [0.5, 0.6) is 0 Å². The van der Waals surface area contributed by atoms with Crippen molar-refractivity contribution in [3.8, 4) is 6.07 Å². The lowest BCUT2D eigenvalue weighted by Crippen LogP contribution is -1.99. The number of nitrogens with one attached hydrogen (secondary N) is 1. The van der Waals surface area contributed by atoms with Gasteiger partial charge >= 0.3 is 0 Å². The van der Waals surface area contributed by atoms with Crippen molar-refractivity contribution in [2.45, 2.75) is 0 Å². The molecule has 0 atom stereocenters. The van der Waals surface area contributed by atoms with Crippen molar-refractivity contribution in [1.82, 2.24) is 4.98 Å². The molecule has 17 heavy (non-hydrogen) atoms. The number of rotatable bonds is 2. The Balaban J connectivity index is 2.32. The van der Waals surface area contributed by atoms with Crippen molar-refractivity contribution in [2.75, 3.05) is 11.1 Å². The molecule has 5 heteroatoms. The number of benzene rings is 1. The summed E-state index contributed by atoms with van der Waals surface area (Å²) < 4.78 is 0.793. The molecular weight excluding hydrogens is 280 g/mol. The second kappa shape index (κ2) is 4.85. The van der Waals surface area contributed by atoms with Crippen molar-refractivity contribution in [1.29, 1.82) is 5.26 Å². The van der Waals surface area contributed by atoms with E-state index in [1.165, 1.54) is 0 Å². The molecule has 1 aromatic heterocycles. The minimum atomic E-state index is 0.573. The van der Waals surface area contributed by atoms with Gasteiger partial charge in [-0.3, -0.25) is 0 Å². The Hall–Kier alpha value is -2.06. The van der Waals surface area contributed by atoms with Gasteiger partial charge in [0.2, 0.25) is 0 Å². The molecule has 3 N–H and O–H groups in total. The van der Waals surface area contributed by atoms with E-state index in [1.54, 1.807) is 36.5 Å². The molecule has 0 spiro atoms. The Kier molecular flexibility index (Phi) is 3.26. The van der Waals surface area contributed by atoms with Crippen LogP contribution in [0.4, 0.5) is 17.2 Å². The normalized spacial score (nSPS) is 9.65. The summed E-state index contributed by atoms with van der Waals surface area (Å²) in [6.07, 6.45) is 1.66. The van der Waals surface area contributed by atoms with Crippen LogP contribution in [0.25, 0.3) is 0 Å². The summed E-state index contributed by atoms with van der Waals surface area (Å²) in [4.78, 5) is 4.14. The summed E-state index contributed by atoms with van der Waals surface area (Å²) in [7, 11) is 0. The van der Waals surface area contributed by atoms with Crippen LogP contribution in [-0.4, -0.2) is 4.98 Å². The Morgan fingerprint density at radius 1 is 1.35 bits per heavy atom. The maximum atomic E-state index is 8.76. The highest BCUT2D eigenvalue weighted by Gasteiger charge is 2.04. The number of nitriles is 1. The van der Waals surface area contributed by atoms with Gasteiger partial charge in [-0.2, -0.15) is 5.26 Å². The van der Waals surface area contributed by atoms with Gasteiger partial charge in [-0.15, -0.1) is 0 Å². The molecule has 0 saturated carbocycles. The van der Waals surface area contributed by atoms with E-state index in [4.69, 9.17) is 11.0 Å². The fraction of sp³-hybridized carbons (Fsp3) is 0. The average Bonchev–Trinajstić information content (AvgIpc) is 2.34. The molecule has 0 aliphatic rings. The van der Waals surface area contributed by atoms with Crippen molar-refractivity contribution in [2.24, 2.45) is 0 Å². The van der Waals surface area contributed by atoms with Gasteiger partial charge in [-0.25, -0.2) is 4.98 Å². The smallest absolute Gasteiger partial charge is 0.153 e. The predicted molar refractivity (Wildman–Crippen MR) is 70.8 cm³/mol.